The van der Waals surface area contributed by atoms with Gasteiger partial charge in [0.25, 0.3) is 0 Å². The van der Waals surface area contributed by atoms with E-state index in [0.29, 0.717) is 6.04 Å². The average molecular weight is 310 g/mol. The summed E-state index contributed by atoms with van der Waals surface area (Å²) in [6.45, 7) is 4.97. The molecule has 1 heterocycles. The van der Waals surface area contributed by atoms with Gasteiger partial charge >= 0.3 is 6.03 Å². The summed E-state index contributed by atoms with van der Waals surface area (Å²) in [5.41, 5.74) is 0. The van der Waals surface area contributed by atoms with Crippen LogP contribution in [0.5, 0.6) is 0 Å². The van der Waals surface area contributed by atoms with Crippen molar-refractivity contribution < 1.29 is 4.79 Å². The molecule has 1 aromatic heterocycles. The molecule has 1 aliphatic rings. The number of urea groups is 1. The molecule has 1 fully saturated rings. The Morgan fingerprint density at radius 2 is 2.38 bits per heavy atom. The van der Waals surface area contributed by atoms with Gasteiger partial charge in [0.2, 0.25) is 0 Å². The van der Waals surface area contributed by atoms with Crippen molar-refractivity contribution in [2.75, 3.05) is 12.8 Å². The van der Waals surface area contributed by atoms with Gasteiger partial charge < -0.3 is 14.8 Å². The third-order valence-electron chi connectivity index (χ3n) is 4.04. The number of thioether (sulfide) groups is 1. The van der Waals surface area contributed by atoms with Crippen LogP contribution >= 0.6 is 11.8 Å². The van der Waals surface area contributed by atoms with Crippen molar-refractivity contribution in [1.82, 2.24) is 19.8 Å². The van der Waals surface area contributed by atoms with Crippen molar-refractivity contribution in [3.8, 4) is 0 Å². The quantitative estimate of drug-likeness (QED) is 0.878. The Hall–Kier alpha value is -1.17. The lowest BCUT2D eigenvalue weighted by atomic mass is 10.2. The summed E-state index contributed by atoms with van der Waals surface area (Å²) in [6, 6.07) is 0.514. The Morgan fingerprint density at radius 1 is 1.57 bits per heavy atom. The molecule has 1 N–H and O–H groups in total. The lowest BCUT2D eigenvalue weighted by molar-refractivity contribution is 0.186. The lowest BCUT2D eigenvalue weighted by Crippen LogP contribution is -2.46. The van der Waals surface area contributed by atoms with E-state index in [1.165, 1.54) is 6.42 Å². The zero-order valence-electron chi connectivity index (χ0n) is 13.2. The molecule has 0 saturated heterocycles. The number of aromatic nitrogens is 2. The first-order chi connectivity index (χ1) is 10.1. The summed E-state index contributed by atoms with van der Waals surface area (Å²) in [7, 11) is 1.92. The molecule has 2 amide bonds. The second-order valence-corrected chi connectivity index (χ2v) is 7.34. The van der Waals surface area contributed by atoms with E-state index < -0.39 is 0 Å². The monoisotopic (exact) mass is 310 g/mol. The second-order valence-electron chi connectivity index (χ2n) is 5.77. The fourth-order valence-corrected chi connectivity index (χ4v) is 4.02. The summed E-state index contributed by atoms with van der Waals surface area (Å²) in [5, 5.41) is 3.79. The Bertz CT molecular complexity index is 437. The molecule has 6 heteroatoms. The fourth-order valence-electron chi connectivity index (χ4n) is 2.89. The number of hydrogen-bond donors (Lipinski definition) is 1. The second kappa shape index (κ2) is 7.73. The first-order valence-electron chi connectivity index (χ1n) is 7.70. The van der Waals surface area contributed by atoms with Gasteiger partial charge in [-0.15, -0.1) is 0 Å². The minimum absolute atomic E-state index is 0.0368. The van der Waals surface area contributed by atoms with E-state index in [1.54, 1.807) is 12.5 Å². The van der Waals surface area contributed by atoms with E-state index in [4.69, 9.17) is 0 Å². The minimum Gasteiger partial charge on any atom is -0.335 e. The van der Waals surface area contributed by atoms with Crippen LogP contribution in [-0.4, -0.2) is 50.6 Å². The molecule has 5 nitrogen and oxygen atoms in total. The van der Waals surface area contributed by atoms with Crippen LogP contribution in [0.4, 0.5) is 4.79 Å². The number of amides is 2. The maximum absolute atomic E-state index is 12.3. The molecule has 1 aromatic rings. The normalized spacial score (nSPS) is 23.0. The highest BCUT2D eigenvalue weighted by Crippen LogP contribution is 2.32. The Balaban J connectivity index is 1.77. The number of imidazole rings is 1. The molecular formula is C15H26N4OS. The smallest absolute Gasteiger partial charge is 0.317 e. The number of rotatable bonds is 6. The Labute approximate surface area is 131 Å². The lowest BCUT2D eigenvalue weighted by Gasteiger charge is -2.27. The first kappa shape index (κ1) is 16.2. The van der Waals surface area contributed by atoms with Crippen LogP contribution in [-0.2, 0) is 6.54 Å². The summed E-state index contributed by atoms with van der Waals surface area (Å²) >= 11 is 2.02. The van der Waals surface area contributed by atoms with Crippen molar-refractivity contribution in [3.63, 3.8) is 0 Å². The maximum atomic E-state index is 12.3. The van der Waals surface area contributed by atoms with Crippen molar-refractivity contribution in [3.05, 3.63) is 18.7 Å². The largest absolute Gasteiger partial charge is 0.335 e. The van der Waals surface area contributed by atoms with Crippen LogP contribution in [0.1, 0.15) is 33.1 Å². The highest BCUT2D eigenvalue weighted by atomic mass is 32.2. The van der Waals surface area contributed by atoms with Gasteiger partial charge in [0.1, 0.15) is 0 Å². The predicted octanol–water partition coefficient (Wildman–Crippen LogP) is 2.59. The predicted molar refractivity (Wildman–Crippen MR) is 87.5 cm³/mol. The van der Waals surface area contributed by atoms with E-state index in [1.807, 2.05) is 41.4 Å². The summed E-state index contributed by atoms with van der Waals surface area (Å²) < 4.78 is 1.98. The Kier molecular flexibility index (Phi) is 5.96. The zero-order valence-corrected chi connectivity index (χ0v) is 14.0. The maximum Gasteiger partial charge on any atom is 0.317 e. The number of nitrogens with zero attached hydrogens (tertiary/aromatic N) is 3. The zero-order chi connectivity index (χ0) is 15.2. The molecule has 0 bridgehead atoms. The van der Waals surface area contributed by atoms with Crippen molar-refractivity contribution in [2.24, 2.45) is 0 Å². The van der Waals surface area contributed by atoms with E-state index in [2.05, 4.69) is 17.2 Å². The van der Waals surface area contributed by atoms with E-state index in [0.717, 1.165) is 30.4 Å². The average Bonchev–Trinajstić information content (AvgIpc) is 3.09. The van der Waals surface area contributed by atoms with Gasteiger partial charge in [-0.1, -0.05) is 6.92 Å². The van der Waals surface area contributed by atoms with Crippen LogP contribution in [0.2, 0.25) is 0 Å². The Morgan fingerprint density at radius 3 is 3.05 bits per heavy atom. The number of nitrogens with one attached hydrogen (secondary N) is 1. The third kappa shape index (κ3) is 4.66. The standard InChI is InChI=1S/C15H26N4OS/c1-4-21-14-6-5-13(9-14)18(3)15(20)17-12(2)10-19-8-7-16-11-19/h7-8,11-14H,4-6,9-10H2,1-3H3,(H,17,20)/t12-,13+,14-/m1/s1. The SMILES string of the molecule is CCS[C@@H]1CC[C@H](N(C)C(=O)N[C@H](C)Cn2ccnc2)C1. The van der Waals surface area contributed by atoms with Gasteiger partial charge in [-0.25, -0.2) is 9.78 Å². The van der Waals surface area contributed by atoms with E-state index in [-0.39, 0.29) is 12.1 Å². The molecule has 3 atom stereocenters. The molecule has 2 rings (SSSR count). The molecular weight excluding hydrogens is 284 g/mol. The van der Waals surface area contributed by atoms with Crippen molar-refractivity contribution in [1.29, 1.82) is 0 Å². The van der Waals surface area contributed by atoms with Crippen LogP contribution < -0.4 is 5.32 Å². The van der Waals surface area contributed by atoms with Crippen LogP contribution in [0, 0.1) is 0 Å². The van der Waals surface area contributed by atoms with Crippen molar-refractivity contribution >= 4 is 17.8 Å². The molecule has 0 aliphatic heterocycles. The molecule has 1 aliphatic carbocycles. The first-order valence-corrected chi connectivity index (χ1v) is 8.75. The molecule has 0 unspecified atom stereocenters. The third-order valence-corrected chi connectivity index (χ3v) is 5.27. The van der Waals surface area contributed by atoms with Gasteiger partial charge in [-0.3, -0.25) is 0 Å². The summed E-state index contributed by atoms with van der Waals surface area (Å²) in [6.07, 6.45) is 8.91. The minimum atomic E-state index is 0.0368. The molecule has 118 valence electrons. The van der Waals surface area contributed by atoms with Gasteiger partial charge in [0.05, 0.1) is 6.33 Å². The van der Waals surface area contributed by atoms with Crippen LogP contribution in [0.15, 0.2) is 18.7 Å². The molecule has 0 aromatic carbocycles. The fraction of sp³-hybridized carbons (Fsp3) is 0.733. The van der Waals surface area contributed by atoms with Gasteiger partial charge in [0.15, 0.2) is 0 Å². The molecule has 0 radical (unpaired) electrons. The van der Waals surface area contributed by atoms with Crippen LogP contribution in [0.25, 0.3) is 0 Å². The highest BCUT2D eigenvalue weighted by molar-refractivity contribution is 7.99. The van der Waals surface area contributed by atoms with Crippen molar-refractivity contribution in [2.45, 2.75) is 57.0 Å². The topological polar surface area (TPSA) is 50.2 Å². The molecule has 1 saturated carbocycles. The van der Waals surface area contributed by atoms with Gasteiger partial charge in [-0.05, 0) is 31.9 Å². The van der Waals surface area contributed by atoms with Crippen LogP contribution in [0.3, 0.4) is 0 Å². The molecule has 0 spiro atoms. The summed E-state index contributed by atoms with van der Waals surface area (Å²) in [5.74, 6) is 1.16. The number of carbonyl (C=O) groups is 1. The highest BCUT2D eigenvalue weighted by Gasteiger charge is 2.30. The van der Waals surface area contributed by atoms with Gasteiger partial charge in [-0.2, -0.15) is 11.8 Å². The summed E-state index contributed by atoms with van der Waals surface area (Å²) in [4.78, 5) is 18.2. The number of carbonyl (C=O) groups excluding carboxylic acids is 1. The van der Waals surface area contributed by atoms with Gasteiger partial charge in [0, 0.05) is 43.3 Å². The van der Waals surface area contributed by atoms with E-state index in [9.17, 15) is 4.79 Å². The number of hydrogen-bond acceptors (Lipinski definition) is 3. The van der Waals surface area contributed by atoms with E-state index >= 15 is 0 Å². The molecule has 21 heavy (non-hydrogen) atoms.